The van der Waals surface area contributed by atoms with Crippen LogP contribution in [0.2, 0.25) is 0 Å². The fraction of sp³-hybridized carbons (Fsp3) is 0.467. The van der Waals surface area contributed by atoms with Gasteiger partial charge in [0, 0.05) is 5.56 Å². The molecular formula is C15H22N2O3. The van der Waals surface area contributed by atoms with E-state index in [4.69, 9.17) is 4.74 Å². The number of rotatable bonds is 5. The van der Waals surface area contributed by atoms with E-state index < -0.39 is 6.04 Å². The number of benzene rings is 1. The fourth-order valence-corrected chi connectivity index (χ4v) is 1.65. The normalized spacial score (nSPS) is 12.6. The van der Waals surface area contributed by atoms with Gasteiger partial charge in [0.1, 0.15) is 6.04 Å². The van der Waals surface area contributed by atoms with Gasteiger partial charge in [0.25, 0.3) is 5.91 Å². The number of carbonyl (C=O) groups is 2. The van der Waals surface area contributed by atoms with Crippen LogP contribution in [0.4, 0.5) is 0 Å². The molecule has 0 saturated carbocycles. The Balaban J connectivity index is 2.68. The van der Waals surface area contributed by atoms with Crippen molar-refractivity contribution >= 4 is 11.9 Å². The summed E-state index contributed by atoms with van der Waals surface area (Å²) in [5.41, 5.74) is 5.47. The Morgan fingerprint density at radius 2 is 1.80 bits per heavy atom. The monoisotopic (exact) mass is 278 g/mol. The zero-order chi connectivity index (χ0) is 15.2. The highest BCUT2D eigenvalue weighted by Gasteiger charge is 2.32. The summed E-state index contributed by atoms with van der Waals surface area (Å²) >= 11 is 0. The maximum absolute atomic E-state index is 11.9. The SMILES string of the molecule is CCOC(=O)[C@H](NNC(=O)c1ccccc1)C(C)(C)C. The van der Waals surface area contributed by atoms with Crippen molar-refractivity contribution in [2.24, 2.45) is 5.41 Å². The number of hydrogen-bond acceptors (Lipinski definition) is 4. The molecule has 0 unspecified atom stereocenters. The molecular weight excluding hydrogens is 256 g/mol. The second-order valence-corrected chi connectivity index (χ2v) is 5.52. The molecule has 1 atom stereocenters. The largest absolute Gasteiger partial charge is 0.465 e. The molecule has 0 saturated heterocycles. The summed E-state index contributed by atoms with van der Waals surface area (Å²) < 4.78 is 5.02. The van der Waals surface area contributed by atoms with Gasteiger partial charge >= 0.3 is 5.97 Å². The van der Waals surface area contributed by atoms with Crippen molar-refractivity contribution in [1.82, 2.24) is 10.9 Å². The van der Waals surface area contributed by atoms with E-state index >= 15 is 0 Å². The summed E-state index contributed by atoms with van der Waals surface area (Å²) in [6.07, 6.45) is 0. The van der Waals surface area contributed by atoms with Crippen molar-refractivity contribution < 1.29 is 14.3 Å². The van der Waals surface area contributed by atoms with Crippen LogP contribution in [0.1, 0.15) is 38.1 Å². The van der Waals surface area contributed by atoms with Crippen molar-refractivity contribution in [2.75, 3.05) is 6.61 Å². The van der Waals surface area contributed by atoms with Crippen molar-refractivity contribution in [3.63, 3.8) is 0 Å². The molecule has 1 aromatic carbocycles. The average molecular weight is 278 g/mol. The maximum atomic E-state index is 11.9. The van der Waals surface area contributed by atoms with E-state index in [2.05, 4.69) is 10.9 Å². The summed E-state index contributed by atoms with van der Waals surface area (Å²) in [5.74, 6) is -0.669. The minimum Gasteiger partial charge on any atom is -0.465 e. The maximum Gasteiger partial charge on any atom is 0.325 e. The van der Waals surface area contributed by atoms with E-state index in [0.29, 0.717) is 12.2 Å². The van der Waals surface area contributed by atoms with E-state index in [-0.39, 0.29) is 17.3 Å². The second kappa shape index (κ2) is 7.05. The quantitative estimate of drug-likeness (QED) is 0.637. The van der Waals surface area contributed by atoms with Crippen LogP contribution in [-0.4, -0.2) is 24.5 Å². The van der Waals surface area contributed by atoms with E-state index in [1.807, 2.05) is 26.8 Å². The molecule has 0 aromatic heterocycles. The van der Waals surface area contributed by atoms with Gasteiger partial charge in [-0.2, -0.15) is 0 Å². The summed E-state index contributed by atoms with van der Waals surface area (Å²) in [5, 5.41) is 0. The summed E-state index contributed by atoms with van der Waals surface area (Å²) in [6, 6.07) is 8.18. The van der Waals surface area contributed by atoms with Gasteiger partial charge < -0.3 is 4.74 Å². The van der Waals surface area contributed by atoms with E-state index in [0.717, 1.165) is 0 Å². The predicted molar refractivity (Wildman–Crippen MR) is 76.9 cm³/mol. The molecule has 0 bridgehead atoms. The zero-order valence-electron chi connectivity index (χ0n) is 12.4. The molecule has 110 valence electrons. The predicted octanol–water partition coefficient (Wildman–Crippen LogP) is 1.90. The number of nitrogens with one attached hydrogen (secondary N) is 2. The molecule has 20 heavy (non-hydrogen) atoms. The first-order valence-electron chi connectivity index (χ1n) is 6.63. The molecule has 0 aliphatic heterocycles. The fourth-order valence-electron chi connectivity index (χ4n) is 1.65. The molecule has 1 rings (SSSR count). The molecule has 0 radical (unpaired) electrons. The molecule has 0 aliphatic carbocycles. The summed E-state index contributed by atoms with van der Waals surface area (Å²) in [4.78, 5) is 23.8. The van der Waals surface area contributed by atoms with Gasteiger partial charge in [-0.25, -0.2) is 5.43 Å². The first-order valence-corrected chi connectivity index (χ1v) is 6.63. The highest BCUT2D eigenvalue weighted by molar-refractivity contribution is 5.94. The molecule has 1 aromatic rings. The summed E-state index contributed by atoms with van der Waals surface area (Å²) in [6.45, 7) is 7.75. The zero-order valence-corrected chi connectivity index (χ0v) is 12.4. The Bertz CT molecular complexity index is 452. The minimum atomic E-state index is -0.616. The van der Waals surface area contributed by atoms with Crippen LogP contribution in [0, 0.1) is 5.41 Å². The number of ether oxygens (including phenoxy) is 1. The Hall–Kier alpha value is -1.88. The highest BCUT2D eigenvalue weighted by atomic mass is 16.5. The Morgan fingerprint density at radius 1 is 1.20 bits per heavy atom. The smallest absolute Gasteiger partial charge is 0.325 e. The standard InChI is InChI=1S/C15H22N2O3/c1-5-20-14(19)12(15(2,3)4)16-17-13(18)11-9-7-6-8-10-11/h6-10,12,16H,5H2,1-4H3,(H,17,18)/t12-/m0/s1. The first-order chi connectivity index (χ1) is 9.36. The van der Waals surface area contributed by atoms with Crippen molar-refractivity contribution in [2.45, 2.75) is 33.7 Å². The lowest BCUT2D eigenvalue weighted by Gasteiger charge is -2.29. The lowest BCUT2D eigenvalue weighted by atomic mass is 9.87. The van der Waals surface area contributed by atoms with Crippen LogP contribution in [0.3, 0.4) is 0 Å². The molecule has 5 nitrogen and oxygen atoms in total. The van der Waals surface area contributed by atoms with E-state index in [9.17, 15) is 9.59 Å². The Kier molecular flexibility index (Phi) is 5.70. The van der Waals surface area contributed by atoms with Gasteiger partial charge in [-0.1, -0.05) is 39.0 Å². The first kappa shape index (κ1) is 16.2. The third kappa shape index (κ3) is 4.66. The number of hydrazine groups is 1. The van der Waals surface area contributed by atoms with Crippen LogP contribution in [0.5, 0.6) is 0 Å². The minimum absolute atomic E-state index is 0.288. The number of carbonyl (C=O) groups excluding carboxylic acids is 2. The van der Waals surface area contributed by atoms with Gasteiger partial charge in [-0.15, -0.1) is 0 Å². The number of amides is 1. The van der Waals surface area contributed by atoms with Crippen LogP contribution >= 0.6 is 0 Å². The summed E-state index contributed by atoms with van der Waals surface area (Å²) in [7, 11) is 0. The van der Waals surface area contributed by atoms with Crippen LogP contribution < -0.4 is 10.9 Å². The van der Waals surface area contributed by atoms with Gasteiger partial charge in [0.05, 0.1) is 6.61 Å². The van der Waals surface area contributed by atoms with Crippen molar-refractivity contribution in [3.8, 4) is 0 Å². The third-order valence-electron chi connectivity index (χ3n) is 2.75. The topological polar surface area (TPSA) is 67.4 Å². The van der Waals surface area contributed by atoms with Crippen molar-refractivity contribution in [1.29, 1.82) is 0 Å². The van der Waals surface area contributed by atoms with Crippen molar-refractivity contribution in [3.05, 3.63) is 35.9 Å². The van der Waals surface area contributed by atoms with Crippen LogP contribution in [-0.2, 0) is 9.53 Å². The second-order valence-electron chi connectivity index (χ2n) is 5.52. The van der Waals surface area contributed by atoms with E-state index in [1.54, 1.807) is 31.2 Å². The highest BCUT2D eigenvalue weighted by Crippen LogP contribution is 2.19. The van der Waals surface area contributed by atoms with Gasteiger partial charge in [0.2, 0.25) is 0 Å². The van der Waals surface area contributed by atoms with Crippen LogP contribution in [0.25, 0.3) is 0 Å². The molecule has 5 heteroatoms. The molecule has 0 fully saturated rings. The van der Waals surface area contributed by atoms with Gasteiger partial charge in [0.15, 0.2) is 0 Å². The Morgan fingerprint density at radius 3 is 2.30 bits per heavy atom. The number of hydrogen-bond donors (Lipinski definition) is 2. The Labute approximate surface area is 119 Å². The lowest BCUT2D eigenvalue weighted by Crippen LogP contribution is -2.54. The number of esters is 1. The molecule has 0 aliphatic rings. The molecule has 2 N–H and O–H groups in total. The third-order valence-corrected chi connectivity index (χ3v) is 2.75. The van der Waals surface area contributed by atoms with E-state index in [1.165, 1.54) is 0 Å². The molecule has 1 amide bonds. The van der Waals surface area contributed by atoms with Gasteiger partial charge in [-0.3, -0.25) is 15.0 Å². The van der Waals surface area contributed by atoms with Gasteiger partial charge in [-0.05, 0) is 24.5 Å². The molecule has 0 spiro atoms. The average Bonchev–Trinajstić information content (AvgIpc) is 2.38. The van der Waals surface area contributed by atoms with Crippen LogP contribution in [0.15, 0.2) is 30.3 Å². The molecule has 0 heterocycles. The lowest BCUT2D eigenvalue weighted by molar-refractivity contribution is -0.148.